The number of aromatic nitrogens is 1. The second-order valence-corrected chi connectivity index (χ2v) is 13.4. The van der Waals surface area contributed by atoms with Crippen LogP contribution in [0.3, 0.4) is 0 Å². The quantitative estimate of drug-likeness (QED) is 0.163. The minimum absolute atomic E-state index is 0.221. The number of esters is 1. The number of ether oxygens (including phenoxy) is 2. The van der Waals surface area contributed by atoms with Gasteiger partial charge in [0.15, 0.2) is 4.80 Å². The maximum absolute atomic E-state index is 13.9. The number of hydrogen-bond acceptors (Lipinski definition) is 7. The molecule has 6 nitrogen and oxygen atoms in total. The SMILES string of the molecule is CCOC(=O)C1=C(C)N=c2s/c(=C\c3cc(I)cc(I)c3OCc3cccc(Cl)c3)c(=O)n2[C@H]1c1cccs1. The third-order valence-corrected chi connectivity index (χ3v) is 9.49. The van der Waals surface area contributed by atoms with Crippen LogP contribution in [0.25, 0.3) is 6.08 Å². The van der Waals surface area contributed by atoms with Gasteiger partial charge in [-0.25, -0.2) is 9.79 Å². The molecule has 5 rings (SSSR count). The van der Waals surface area contributed by atoms with Gasteiger partial charge in [-0.05, 0) is 106 Å². The number of carbonyl (C=O) groups is 1. The minimum atomic E-state index is -0.600. The van der Waals surface area contributed by atoms with Crippen LogP contribution in [-0.2, 0) is 16.1 Å². The van der Waals surface area contributed by atoms with Crippen molar-refractivity contribution in [2.24, 2.45) is 4.99 Å². The molecule has 2 aromatic heterocycles. The summed E-state index contributed by atoms with van der Waals surface area (Å²) in [5, 5.41) is 2.58. The highest BCUT2D eigenvalue weighted by Crippen LogP contribution is 2.33. The summed E-state index contributed by atoms with van der Waals surface area (Å²) in [5.41, 5.74) is 2.44. The molecular weight excluding hydrogens is 782 g/mol. The van der Waals surface area contributed by atoms with Gasteiger partial charge in [0.25, 0.3) is 5.56 Å². The van der Waals surface area contributed by atoms with Crippen molar-refractivity contribution in [1.82, 2.24) is 4.57 Å². The summed E-state index contributed by atoms with van der Waals surface area (Å²) in [4.78, 5) is 33.0. The molecule has 1 aliphatic rings. The Morgan fingerprint density at radius 1 is 1.21 bits per heavy atom. The number of carbonyl (C=O) groups excluding carboxylic acids is 1. The highest BCUT2D eigenvalue weighted by atomic mass is 127. The lowest BCUT2D eigenvalue weighted by Crippen LogP contribution is -2.39. The summed E-state index contributed by atoms with van der Waals surface area (Å²) in [6, 6.07) is 14.8. The second kappa shape index (κ2) is 12.2. The summed E-state index contributed by atoms with van der Waals surface area (Å²) in [6.45, 7) is 4.12. The topological polar surface area (TPSA) is 69.9 Å². The fourth-order valence-electron chi connectivity index (χ4n) is 4.27. The van der Waals surface area contributed by atoms with Gasteiger partial charge in [0.1, 0.15) is 18.4 Å². The van der Waals surface area contributed by atoms with Crippen molar-refractivity contribution < 1.29 is 14.3 Å². The van der Waals surface area contributed by atoms with E-state index in [1.807, 2.05) is 60.0 Å². The van der Waals surface area contributed by atoms with Crippen molar-refractivity contribution in [1.29, 1.82) is 0 Å². The highest BCUT2D eigenvalue weighted by molar-refractivity contribution is 14.1. The molecule has 39 heavy (non-hydrogen) atoms. The summed E-state index contributed by atoms with van der Waals surface area (Å²) >= 11 is 13.4. The molecule has 0 saturated heterocycles. The van der Waals surface area contributed by atoms with E-state index in [0.29, 0.717) is 38.0 Å². The van der Waals surface area contributed by atoms with E-state index in [1.54, 1.807) is 18.4 Å². The summed E-state index contributed by atoms with van der Waals surface area (Å²) in [5.74, 6) is 0.218. The molecule has 2 aromatic carbocycles. The van der Waals surface area contributed by atoms with Crippen molar-refractivity contribution in [3.63, 3.8) is 0 Å². The lowest BCUT2D eigenvalue weighted by atomic mass is 10.0. The number of thiazole rings is 1. The average Bonchev–Trinajstić information content (AvgIpc) is 3.51. The maximum Gasteiger partial charge on any atom is 0.338 e. The van der Waals surface area contributed by atoms with Crippen LogP contribution in [-0.4, -0.2) is 17.1 Å². The first-order valence-electron chi connectivity index (χ1n) is 11.9. The van der Waals surface area contributed by atoms with Crippen LogP contribution in [0.15, 0.2) is 75.0 Å². The largest absolute Gasteiger partial charge is 0.487 e. The number of hydrogen-bond donors (Lipinski definition) is 0. The molecule has 200 valence electrons. The normalized spacial score (nSPS) is 15.2. The molecule has 0 fully saturated rings. The van der Waals surface area contributed by atoms with Gasteiger partial charge in [0.2, 0.25) is 0 Å². The van der Waals surface area contributed by atoms with Crippen molar-refractivity contribution in [2.75, 3.05) is 6.61 Å². The summed E-state index contributed by atoms with van der Waals surface area (Å²) in [6.07, 6.45) is 1.84. The molecule has 0 N–H and O–H groups in total. The Hall–Kier alpha value is -2.00. The van der Waals surface area contributed by atoms with E-state index in [0.717, 1.165) is 23.1 Å². The van der Waals surface area contributed by atoms with Crippen molar-refractivity contribution >= 4 is 91.5 Å². The van der Waals surface area contributed by atoms with Crippen LogP contribution in [0, 0.1) is 7.14 Å². The van der Waals surface area contributed by atoms with Crippen molar-refractivity contribution in [2.45, 2.75) is 26.5 Å². The predicted molar refractivity (Wildman–Crippen MR) is 172 cm³/mol. The van der Waals surface area contributed by atoms with Gasteiger partial charge in [-0.3, -0.25) is 9.36 Å². The third-order valence-electron chi connectivity index (χ3n) is 5.93. The summed E-state index contributed by atoms with van der Waals surface area (Å²) in [7, 11) is 0. The molecule has 1 atom stereocenters. The van der Waals surface area contributed by atoms with Gasteiger partial charge in [-0.1, -0.05) is 41.1 Å². The van der Waals surface area contributed by atoms with E-state index >= 15 is 0 Å². The Morgan fingerprint density at radius 2 is 2.03 bits per heavy atom. The Bertz CT molecular complexity index is 1780. The molecule has 0 bridgehead atoms. The first-order valence-corrected chi connectivity index (χ1v) is 16.1. The Labute approximate surface area is 264 Å². The molecule has 0 radical (unpaired) electrons. The molecule has 3 heterocycles. The number of allylic oxidation sites excluding steroid dienone is 1. The second-order valence-electron chi connectivity index (χ2n) is 8.54. The van der Waals surface area contributed by atoms with Gasteiger partial charge in [-0.2, -0.15) is 0 Å². The molecule has 0 aliphatic carbocycles. The highest BCUT2D eigenvalue weighted by Gasteiger charge is 2.34. The predicted octanol–water partition coefficient (Wildman–Crippen LogP) is 6.30. The number of nitrogens with zero attached hydrogens (tertiary/aromatic N) is 2. The van der Waals surface area contributed by atoms with Crippen LogP contribution >= 0.6 is 79.5 Å². The number of rotatable bonds is 7. The smallest absolute Gasteiger partial charge is 0.338 e. The fraction of sp³-hybridized carbons (Fsp3) is 0.179. The van der Waals surface area contributed by atoms with Gasteiger partial charge in [-0.15, -0.1) is 11.3 Å². The molecule has 1 aliphatic heterocycles. The van der Waals surface area contributed by atoms with Gasteiger partial charge >= 0.3 is 5.97 Å². The zero-order valence-electron chi connectivity index (χ0n) is 20.7. The number of benzene rings is 2. The first kappa shape index (κ1) is 28.5. The number of halogens is 3. The standard InChI is InChI=1S/C28H21ClI2N2O4S2/c1-3-36-27(35)23-15(2)32-28-33(24(23)21-8-5-9-38-21)26(34)22(39-28)12-17-11-19(30)13-20(31)25(17)37-14-16-6-4-7-18(29)10-16/h4-13,24H,3,14H2,1-2H3/b22-12-/t24-/m0/s1. The first-order chi connectivity index (χ1) is 18.8. The van der Waals surface area contributed by atoms with Gasteiger partial charge in [0.05, 0.1) is 26.0 Å². The van der Waals surface area contributed by atoms with Crippen molar-refractivity contribution in [3.8, 4) is 5.75 Å². The van der Waals surface area contributed by atoms with E-state index < -0.39 is 12.0 Å². The Kier molecular flexibility index (Phi) is 8.96. The van der Waals surface area contributed by atoms with E-state index in [1.165, 1.54) is 22.7 Å². The van der Waals surface area contributed by atoms with Crippen molar-refractivity contribution in [3.05, 3.63) is 113 Å². The van der Waals surface area contributed by atoms with E-state index in [4.69, 9.17) is 21.1 Å². The lowest BCUT2D eigenvalue weighted by molar-refractivity contribution is -0.139. The lowest BCUT2D eigenvalue weighted by Gasteiger charge is -2.23. The van der Waals surface area contributed by atoms with E-state index in [-0.39, 0.29) is 12.2 Å². The van der Waals surface area contributed by atoms with Crippen LogP contribution in [0.5, 0.6) is 5.75 Å². The number of fused-ring (bicyclic) bond motifs is 1. The Balaban J connectivity index is 1.63. The van der Waals surface area contributed by atoms with Crippen LogP contribution in [0.1, 0.15) is 35.9 Å². The van der Waals surface area contributed by atoms with Crippen LogP contribution in [0.2, 0.25) is 5.02 Å². The molecule has 11 heteroatoms. The third kappa shape index (κ3) is 6.04. The van der Waals surface area contributed by atoms with Gasteiger partial charge < -0.3 is 9.47 Å². The van der Waals surface area contributed by atoms with Crippen LogP contribution < -0.4 is 19.6 Å². The van der Waals surface area contributed by atoms with E-state index in [9.17, 15) is 9.59 Å². The zero-order valence-corrected chi connectivity index (χ0v) is 27.4. The monoisotopic (exact) mass is 802 g/mol. The van der Waals surface area contributed by atoms with Crippen LogP contribution in [0.4, 0.5) is 0 Å². The molecule has 0 amide bonds. The minimum Gasteiger partial charge on any atom is -0.487 e. The molecule has 0 saturated carbocycles. The zero-order chi connectivity index (χ0) is 27.7. The molecular formula is C28H21ClI2N2O4S2. The summed E-state index contributed by atoms with van der Waals surface area (Å²) < 4.78 is 15.7. The molecule has 4 aromatic rings. The number of thiophene rings is 1. The molecule has 0 unspecified atom stereocenters. The van der Waals surface area contributed by atoms with Gasteiger partial charge in [0, 0.05) is 19.0 Å². The molecule has 0 spiro atoms. The Morgan fingerprint density at radius 3 is 2.74 bits per heavy atom. The maximum atomic E-state index is 13.9. The average molecular weight is 803 g/mol. The van der Waals surface area contributed by atoms with E-state index in [2.05, 4.69) is 50.2 Å². The fourth-order valence-corrected chi connectivity index (χ4v) is 8.39.